The Morgan fingerprint density at radius 3 is 2.40 bits per heavy atom. The maximum Gasteiger partial charge on any atom is 0.494 e. The van der Waals surface area contributed by atoms with Gasteiger partial charge in [0.1, 0.15) is 17.9 Å². The molecule has 0 N–H and O–H groups in total. The highest BCUT2D eigenvalue weighted by Crippen LogP contribution is 2.35. The number of carbonyl (C=O) groups excluding carboxylic acids is 2. The average Bonchev–Trinajstić information content (AvgIpc) is 2.64. The number of nitro groups is 1. The molecule has 0 heterocycles. The lowest BCUT2D eigenvalue weighted by Gasteiger charge is -2.22. The van der Waals surface area contributed by atoms with E-state index in [1.165, 1.54) is 25.3 Å². The van der Waals surface area contributed by atoms with Gasteiger partial charge in [0.2, 0.25) is 0 Å². The molecule has 0 aliphatic carbocycles. The van der Waals surface area contributed by atoms with Crippen LogP contribution in [0.5, 0.6) is 5.75 Å². The third-order valence-corrected chi connectivity index (χ3v) is 3.41. The average molecular weight is 344 g/mol. The molecule has 1 atom stereocenters. The van der Waals surface area contributed by atoms with Gasteiger partial charge in [-0.2, -0.15) is 0 Å². The van der Waals surface area contributed by atoms with Crippen LogP contribution < -0.4 is 4.74 Å². The predicted molar refractivity (Wildman–Crippen MR) is 84.7 cm³/mol. The van der Waals surface area contributed by atoms with E-state index < -0.39 is 16.6 Å². The molecule has 0 saturated carbocycles. The summed E-state index contributed by atoms with van der Waals surface area (Å²) in [6, 6.07) is 14.2. The molecule has 0 bridgehead atoms. The maximum atomic E-state index is 12.5. The van der Waals surface area contributed by atoms with Crippen LogP contribution in [0, 0.1) is 10.1 Å². The second-order valence-electron chi connectivity index (χ2n) is 4.85. The van der Waals surface area contributed by atoms with Gasteiger partial charge in [0.15, 0.2) is 0 Å². The molecule has 0 spiro atoms. The minimum absolute atomic E-state index is 0.00823. The first kappa shape index (κ1) is 17.9. The maximum absolute atomic E-state index is 12.5. The first-order valence-electron chi connectivity index (χ1n) is 7.10. The van der Waals surface area contributed by atoms with E-state index in [-0.39, 0.29) is 17.9 Å². The Hall–Kier alpha value is -3.42. The third kappa shape index (κ3) is 3.57. The van der Waals surface area contributed by atoms with Crippen molar-refractivity contribution in [1.82, 2.24) is 0 Å². The molecule has 2 rings (SSSR count). The molecule has 0 amide bonds. The number of rotatable bonds is 8. The van der Waals surface area contributed by atoms with E-state index in [1.807, 2.05) is 0 Å². The number of carbonyl (C=O) groups is 1. The molecule has 1 radical (unpaired) electrons. The van der Waals surface area contributed by atoms with Gasteiger partial charge in [-0.25, -0.2) is 9.59 Å². The van der Waals surface area contributed by atoms with Crippen LogP contribution in [0.4, 0.5) is 0 Å². The molecule has 0 saturated heterocycles. The van der Waals surface area contributed by atoms with Crippen molar-refractivity contribution < 1.29 is 28.7 Å². The largest absolute Gasteiger partial charge is 0.496 e. The van der Waals surface area contributed by atoms with Crippen LogP contribution >= 0.6 is 0 Å². The highest BCUT2D eigenvalue weighted by Gasteiger charge is 2.60. The van der Waals surface area contributed by atoms with Crippen LogP contribution in [-0.2, 0) is 31.4 Å². The van der Waals surface area contributed by atoms with Crippen molar-refractivity contribution in [3.05, 3.63) is 75.8 Å². The Morgan fingerprint density at radius 1 is 1.16 bits per heavy atom. The Balaban J connectivity index is 2.42. The Bertz CT molecular complexity index is 763. The van der Waals surface area contributed by atoms with Crippen molar-refractivity contribution in [2.24, 2.45) is 0 Å². The standard InChI is InChI=1S/C17H14NO7/c1-23-15-10-6-5-9-14(15)17(18(21)22,25-12-19)16(20)24-11-13-7-3-2-4-8-13/h2-10H,11H2,1H3. The summed E-state index contributed by atoms with van der Waals surface area (Å²) < 4.78 is 14.6. The number of methoxy groups -OCH3 is 1. The molecular weight excluding hydrogens is 330 g/mol. The van der Waals surface area contributed by atoms with Crippen LogP contribution in [0.15, 0.2) is 54.6 Å². The normalized spacial score (nSPS) is 12.5. The fourth-order valence-corrected chi connectivity index (χ4v) is 2.22. The Morgan fingerprint density at radius 2 is 1.80 bits per heavy atom. The summed E-state index contributed by atoms with van der Waals surface area (Å²) in [6.45, 7) is 0.741. The van der Waals surface area contributed by atoms with Crippen molar-refractivity contribution >= 4 is 12.4 Å². The van der Waals surface area contributed by atoms with Gasteiger partial charge in [0, 0.05) is 0 Å². The third-order valence-electron chi connectivity index (χ3n) is 3.41. The summed E-state index contributed by atoms with van der Waals surface area (Å²) in [5.41, 5.74) is -2.57. The number of hydrogen-bond acceptors (Lipinski definition) is 7. The minimum Gasteiger partial charge on any atom is -0.496 e. The van der Waals surface area contributed by atoms with Gasteiger partial charge in [-0.3, -0.25) is 10.1 Å². The zero-order valence-corrected chi connectivity index (χ0v) is 13.2. The van der Waals surface area contributed by atoms with Crippen molar-refractivity contribution in [2.75, 3.05) is 7.11 Å². The number of para-hydroxylation sites is 1. The zero-order valence-electron chi connectivity index (χ0n) is 13.2. The second kappa shape index (κ2) is 7.91. The van der Waals surface area contributed by atoms with Gasteiger partial charge < -0.3 is 14.2 Å². The SMILES string of the molecule is COc1ccccc1C(O[C]=O)(C(=O)OCc1ccccc1)[N+](=O)[O-]. The van der Waals surface area contributed by atoms with Crippen molar-refractivity contribution in [1.29, 1.82) is 0 Å². The fraction of sp³-hybridized carbons (Fsp3) is 0.176. The summed E-state index contributed by atoms with van der Waals surface area (Å²) in [5.74, 6) is -1.37. The highest BCUT2D eigenvalue weighted by molar-refractivity contribution is 5.81. The molecule has 0 aliphatic rings. The smallest absolute Gasteiger partial charge is 0.494 e. The number of esters is 1. The monoisotopic (exact) mass is 344 g/mol. The molecule has 0 fully saturated rings. The van der Waals surface area contributed by atoms with E-state index in [9.17, 15) is 19.7 Å². The van der Waals surface area contributed by atoms with Crippen LogP contribution in [-0.4, -0.2) is 24.5 Å². The summed E-state index contributed by atoms with van der Waals surface area (Å²) >= 11 is 0. The molecule has 8 nitrogen and oxygen atoms in total. The van der Waals surface area contributed by atoms with E-state index in [0.717, 1.165) is 6.47 Å². The molecule has 2 aromatic rings. The predicted octanol–water partition coefficient (Wildman–Crippen LogP) is 1.95. The molecule has 8 heteroatoms. The number of ether oxygens (including phenoxy) is 3. The number of hydrogen-bond donors (Lipinski definition) is 0. The quantitative estimate of drug-likeness (QED) is 0.312. The Labute approximate surface area is 143 Å². The van der Waals surface area contributed by atoms with E-state index >= 15 is 0 Å². The lowest BCUT2D eigenvalue weighted by Crippen LogP contribution is -2.47. The van der Waals surface area contributed by atoms with E-state index in [0.29, 0.717) is 5.56 Å². The lowest BCUT2D eigenvalue weighted by molar-refractivity contribution is -0.612. The summed E-state index contributed by atoms with van der Waals surface area (Å²) in [4.78, 5) is 33.9. The summed E-state index contributed by atoms with van der Waals surface area (Å²) in [6.07, 6.45) is 0. The van der Waals surface area contributed by atoms with Crippen LogP contribution in [0.25, 0.3) is 0 Å². The van der Waals surface area contributed by atoms with Gasteiger partial charge in [0.25, 0.3) is 0 Å². The first-order valence-corrected chi connectivity index (χ1v) is 7.10. The molecule has 0 aromatic heterocycles. The number of benzene rings is 2. The summed E-state index contributed by atoms with van der Waals surface area (Å²) in [7, 11) is 1.27. The summed E-state index contributed by atoms with van der Waals surface area (Å²) in [5, 5.41) is 11.7. The molecule has 2 aromatic carbocycles. The number of nitrogens with zero attached hydrogens (tertiary/aromatic N) is 1. The molecular formula is C17H14NO7. The van der Waals surface area contributed by atoms with Gasteiger partial charge in [-0.1, -0.05) is 42.5 Å². The van der Waals surface area contributed by atoms with Crippen LogP contribution in [0.2, 0.25) is 0 Å². The van der Waals surface area contributed by atoms with Gasteiger partial charge >= 0.3 is 18.2 Å². The lowest BCUT2D eigenvalue weighted by atomic mass is 10.0. The van der Waals surface area contributed by atoms with E-state index in [4.69, 9.17) is 9.47 Å². The highest BCUT2D eigenvalue weighted by atomic mass is 16.7. The molecule has 0 aliphatic heterocycles. The molecule has 25 heavy (non-hydrogen) atoms. The van der Waals surface area contributed by atoms with Crippen molar-refractivity contribution in [2.45, 2.75) is 12.3 Å². The van der Waals surface area contributed by atoms with E-state index in [1.54, 1.807) is 36.4 Å². The fourth-order valence-electron chi connectivity index (χ4n) is 2.22. The molecule has 1 unspecified atom stereocenters. The van der Waals surface area contributed by atoms with Crippen molar-refractivity contribution in [3.63, 3.8) is 0 Å². The topological polar surface area (TPSA) is 105 Å². The van der Waals surface area contributed by atoms with Gasteiger partial charge in [0.05, 0.1) is 12.0 Å². The zero-order chi connectivity index (χ0) is 18.3. The van der Waals surface area contributed by atoms with Crippen molar-refractivity contribution in [3.8, 4) is 5.75 Å². The minimum atomic E-state index is -2.91. The van der Waals surface area contributed by atoms with Crippen LogP contribution in [0.3, 0.4) is 0 Å². The second-order valence-corrected chi connectivity index (χ2v) is 4.85. The Kier molecular flexibility index (Phi) is 5.67. The molecule has 129 valence electrons. The van der Waals surface area contributed by atoms with Gasteiger partial charge in [-0.15, -0.1) is 0 Å². The van der Waals surface area contributed by atoms with Gasteiger partial charge in [-0.05, 0) is 17.7 Å². The van der Waals surface area contributed by atoms with Crippen LogP contribution in [0.1, 0.15) is 11.1 Å². The van der Waals surface area contributed by atoms with E-state index in [2.05, 4.69) is 4.74 Å². The first-order chi connectivity index (χ1) is 12.1.